The van der Waals surface area contributed by atoms with Crippen LogP contribution in [-0.4, -0.2) is 19.0 Å². The zero-order valence-electron chi connectivity index (χ0n) is 10.0. The summed E-state index contributed by atoms with van der Waals surface area (Å²) in [6.45, 7) is 8.12. The fraction of sp³-hybridized carbons (Fsp3) is 1.00. The van der Waals surface area contributed by atoms with Gasteiger partial charge < -0.3 is 4.74 Å². The smallest absolute Gasteiger partial charge is 0.206 e. The molecule has 0 aromatic rings. The Kier molecular flexibility index (Phi) is 3.06. The Hall–Kier alpha value is -0.120. The van der Waals surface area contributed by atoms with Gasteiger partial charge >= 0.3 is 0 Å². The van der Waals surface area contributed by atoms with Gasteiger partial charge in [-0.05, 0) is 25.2 Å². The van der Waals surface area contributed by atoms with E-state index in [1.165, 1.54) is 6.42 Å². The molecule has 88 valence electrons. The van der Waals surface area contributed by atoms with Crippen molar-refractivity contribution in [2.24, 2.45) is 11.3 Å². The summed E-state index contributed by atoms with van der Waals surface area (Å²) in [7, 11) is 0. The minimum absolute atomic E-state index is 0.0234. The summed E-state index contributed by atoms with van der Waals surface area (Å²) >= 11 is 0. The fourth-order valence-electron chi connectivity index (χ4n) is 2.62. The lowest BCUT2D eigenvalue weighted by molar-refractivity contribution is -0.454. The predicted molar refractivity (Wildman–Crippen MR) is 57.1 cm³/mol. The van der Waals surface area contributed by atoms with Gasteiger partial charge in [-0.3, -0.25) is 0 Å². The second kappa shape index (κ2) is 4.04. The highest BCUT2D eigenvalue weighted by atomic mass is 17.2. The first-order valence-electron chi connectivity index (χ1n) is 6.03. The van der Waals surface area contributed by atoms with Crippen molar-refractivity contribution in [2.75, 3.05) is 13.2 Å². The molecule has 1 spiro atoms. The Morgan fingerprint density at radius 2 is 1.93 bits per heavy atom. The molecule has 2 fully saturated rings. The van der Waals surface area contributed by atoms with Crippen molar-refractivity contribution in [2.45, 2.75) is 52.2 Å². The highest BCUT2D eigenvalue weighted by molar-refractivity contribution is 4.94. The monoisotopic (exact) mass is 214 g/mol. The summed E-state index contributed by atoms with van der Waals surface area (Å²) < 4.78 is 5.97. The van der Waals surface area contributed by atoms with E-state index < -0.39 is 5.79 Å². The normalized spacial score (nSPS) is 41.4. The average molecular weight is 214 g/mol. The zero-order valence-corrected chi connectivity index (χ0v) is 10.0. The first-order valence-corrected chi connectivity index (χ1v) is 6.03. The Morgan fingerprint density at radius 1 is 1.13 bits per heavy atom. The predicted octanol–water partition coefficient (Wildman–Crippen LogP) is 2.90. The number of rotatable bonds is 0. The van der Waals surface area contributed by atoms with Crippen LogP contribution < -0.4 is 0 Å². The van der Waals surface area contributed by atoms with E-state index in [1.807, 2.05) is 0 Å². The van der Waals surface area contributed by atoms with Gasteiger partial charge in [0.1, 0.15) is 0 Å². The molecular weight excluding hydrogens is 192 g/mol. The van der Waals surface area contributed by atoms with Crippen LogP contribution in [0.1, 0.15) is 46.5 Å². The summed E-state index contributed by atoms with van der Waals surface area (Å²) in [6.07, 6.45) is 4.28. The fourth-order valence-corrected chi connectivity index (χ4v) is 2.62. The van der Waals surface area contributed by atoms with Crippen molar-refractivity contribution < 1.29 is 14.5 Å². The Labute approximate surface area is 92.0 Å². The SMILES string of the molecule is CC1CCCC2(OCCCOO2)C1(C)C. The van der Waals surface area contributed by atoms with Crippen molar-refractivity contribution in [3.8, 4) is 0 Å². The quantitative estimate of drug-likeness (QED) is 0.580. The van der Waals surface area contributed by atoms with Crippen LogP contribution in [0.25, 0.3) is 0 Å². The molecule has 15 heavy (non-hydrogen) atoms. The lowest BCUT2D eigenvalue weighted by Crippen LogP contribution is -2.54. The van der Waals surface area contributed by atoms with Crippen LogP contribution >= 0.6 is 0 Å². The molecule has 3 nitrogen and oxygen atoms in total. The van der Waals surface area contributed by atoms with Crippen LogP contribution in [0.15, 0.2) is 0 Å². The summed E-state index contributed by atoms with van der Waals surface area (Å²) in [5.41, 5.74) is 0.0234. The van der Waals surface area contributed by atoms with Crippen molar-refractivity contribution >= 4 is 0 Å². The van der Waals surface area contributed by atoms with Gasteiger partial charge in [0.15, 0.2) is 0 Å². The van der Waals surface area contributed by atoms with Crippen LogP contribution in [-0.2, 0) is 14.5 Å². The summed E-state index contributed by atoms with van der Waals surface area (Å²) in [4.78, 5) is 10.8. The van der Waals surface area contributed by atoms with Gasteiger partial charge in [-0.25, -0.2) is 9.78 Å². The Morgan fingerprint density at radius 3 is 2.73 bits per heavy atom. The maximum Gasteiger partial charge on any atom is 0.206 e. The molecule has 0 amide bonds. The lowest BCUT2D eigenvalue weighted by atomic mass is 9.65. The summed E-state index contributed by atoms with van der Waals surface area (Å²) in [6, 6.07) is 0. The van der Waals surface area contributed by atoms with Crippen LogP contribution in [0.2, 0.25) is 0 Å². The number of hydrogen-bond donors (Lipinski definition) is 0. The highest BCUT2D eigenvalue weighted by Crippen LogP contribution is 2.50. The number of ether oxygens (including phenoxy) is 1. The van der Waals surface area contributed by atoms with E-state index in [0.29, 0.717) is 12.5 Å². The van der Waals surface area contributed by atoms with Gasteiger partial charge in [-0.2, -0.15) is 0 Å². The van der Waals surface area contributed by atoms with Gasteiger partial charge in [-0.15, -0.1) is 0 Å². The molecule has 0 radical (unpaired) electrons. The van der Waals surface area contributed by atoms with Gasteiger partial charge in [0.25, 0.3) is 0 Å². The van der Waals surface area contributed by atoms with Crippen LogP contribution in [0.4, 0.5) is 0 Å². The van der Waals surface area contributed by atoms with Crippen LogP contribution in [0.3, 0.4) is 0 Å². The highest BCUT2D eigenvalue weighted by Gasteiger charge is 2.54. The Balaban J connectivity index is 2.22. The number of hydrogen-bond acceptors (Lipinski definition) is 3. The molecule has 1 saturated carbocycles. The molecule has 0 aromatic carbocycles. The second-order valence-corrected chi connectivity index (χ2v) is 5.38. The molecule has 1 aliphatic heterocycles. The average Bonchev–Trinajstić information content (AvgIpc) is 2.42. The molecular formula is C12H22O3. The van der Waals surface area contributed by atoms with E-state index in [4.69, 9.17) is 14.5 Å². The summed E-state index contributed by atoms with van der Waals surface area (Å²) in [5.74, 6) is 0.0919. The minimum Gasteiger partial charge on any atom is -0.347 e. The first-order chi connectivity index (χ1) is 7.08. The summed E-state index contributed by atoms with van der Waals surface area (Å²) in [5, 5.41) is 0. The van der Waals surface area contributed by atoms with Crippen LogP contribution in [0.5, 0.6) is 0 Å². The van der Waals surface area contributed by atoms with E-state index >= 15 is 0 Å². The molecule has 2 rings (SSSR count). The van der Waals surface area contributed by atoms with E-state index in [0.717, 1.165) is 25.9 Å². The van der Waals surface area contributed by atoms with Gasteiger partial charge in [0.05, 0.1) is 13.2 Å². The maximum absolute atomic E-state index is 5.97. The van der Waals surface area contributed by atoms with Crippen molar-refractivity contribution in [3.05, 3.63) is 0 Å². The zero-order chi connectivity index (χ0) is 10.9. The topological polar surface area (TPSA) is 27.7 Å². The molecule has 2 aliphatic rings. The minimum atomic E-state index is -0.513. The van der Waals surface area contributed by atoms with Gasteiger partial charge in [-0.1, -0.05) is 20.8 Å². The van der Waals surface area contributed by atoms with Gasteiger partial charge in [0, 0.05) is 11.8 Å². The molecule has 1 heterocycles. The molecule has 0 aromatic heterocycles. The second-order valence-electron chi connectivity index (χ2n) is 5.38. The molecule has 2 unspecified atom stereocenters. The Bertz CT molecular complexity index is 217. The molecule has 3 heteroatoms. The van der Waals surface area contributed by atoms with E-state index in [2.05, 4.69) is 20.8 Å². The van der Waals surface area contributed by atoms with Gasteiger partial charge in [0.2, 0.25) is 5.79 Å². The largest absolute Gasteiger partial charge is 0.347 e. The van der Waals surface area contributed by atoms with Crippen molar-refractivity contribution in [1.29, 1.82) is 0 Å². The van der Waals surface area contributed by atoms with E-state index in [1.54, 1.807) is 0 Å². The third-order valence-corrected chi connectivity index (χ3v) is 4.26. The standard InChI is InChI=1S/C12H22O3/c1-10-6-4-7-12(11(10,2)3)13-8-5-9-14-15-12/h10H,4-9H2,1-3H3. The molecule has 1 saturated heterocycles. The van der Waals surface area contributed by atoms with E-state index in [9.17, 15) is 0 Å². The molecule has 2 atom stereocenters. The first kappa shape index (κ1) is 11.4. The maximum atomic E-state index is 5.97. The van der Waals surface area contributed by atoms with Crippen molar-refractivity contribution in [3.63, 3.8) is 0 Å². The third kappa shape index (κ3) is 1.81. The van der Waals surface area contributed by atoms with Crippen molar-refractivity contribution in [1.82, 2.24) is 0 Å². The third-order valence-electron chi connectivity index (χ3n) is 4.26. The molecule has 1 aliphatic carbocycles. The molecule has 0 bridgehead atoms. The van der Waals surface area contributed by atoms with E-state index in [-0.39, 0.29) is 5.41 Å². The van der Waals surface area contributed by atoms with Crippen LogP contribution in [0, 0.1) is 11.3 Å². The lowest BCUT2D eigenvalue weighted by Gasteiger charge is -2.50. The molecule has 0 N–H and O–H groups in total.